The fourth-order valence-electron chi connectivity index (χ4n) is 0.842. The molecule has 0 saturated heterocycles. The van der Waals surface area contributed by atoms with E-state index in [2.05, 4.69) is 23.5 Å². The van der Waals surface area contributed by atoms with Gasteiger partial charge in [-0.05, 0) is 18.4 Å². The van der Waals surface area contributed by atoms with E-state index < -0.39 is 0 Å². The van der Waals surface area contributed by atoms with Gasteiger partial charge in [0, 0.05) is 11.8 Å². The molecule has 0 amide bonds. The molecule has 3 N–H and O–H groups in total. The van der Waals surface area contributed by atoms with E-state index in [1.807, 2.05) is 23.9 Å². The third-order valence-corrected chi connectivity index (χ3v) is 2.73. The van der Waals surface area contributed by atoms with Gasteiger partial charge in [0.05, 0.1) is 11.9 Å². The minimum absolute atomic E-state index is 0.597. The van der Waals surface area contributed by atoms with Gasteiger partial charge in [-0.15, -0.1) is 0 Å². The van der Waals surface area contributed by atoms with Crippen molar-refractivity contribution in [3.05, 3.63) is 18.3 Å². The third-order valence-electron chi connectivity index (χ3n) is 1.76. The molecule has 0 radical (unpaired) electrons. The molecule has 1 aromatic rings. The molecule has 1 atom stereocenters. The van der Waals surface area contributed by atoms with E-state index in [0.717, 1.165) is 12.4 Å². The summed E-state index contributed by atoms with van der Waals surface area (Å²) >= 11 is 1.83. The van der Waals surface area contributed by atoms with Crippen LogP contribution in [0.25, 0.3) is 0 Å². The number of rotatable bonds is 4. The van der Waals surface area contributed by atoms with Gasteiger partial charge >= 0.3 is 0 Å². The predicted octanol–water partition coefficient (Wildman–Crippen LogP) is 1.83. The second-order valence-electron chi connectivity index (χ2n) is 2.90. The van der Waals surface area contributed by atoms with Crippen molar-refractivity contribution in [3.8, 4) is 0 Å². The van der Waals surface area contributed by atoms with Gasteiger partial charge in [-0.1, -0.05) is 6.92 Å². The average molecular weight is 197 g/mol. The van der Waals surface area contributed by atoms with Crippen molar-refractivity contribution in [2.75, 3.05) is 23.9 Å². The topological polar surface area (TPSA) is 50.9 Å². The van der Waals surface area contributed by atoms with Crippen LogP contribution >= 0.6 is 11.8 Å². The van der Waals surface area contributed by atoms with Crippen molar-refractivity contribution in [2.45, 2.75) is 12.2 Å². The summed E-state index contributed by atoms with van der Waals surface area (Å²) in [5.41, 5.74) is 6.21. The Kier molecular flexibility index (Phi) is 3.89. The van der Waals surface area contributed by atoms with Gasteiger partial charge < -0.3 is 11.1 Å². The zero-order chi connectivity index (χ0) is 9.68. The smallest absolute Gasteiger partial charge is 0.126 e. The molecule has 0 aliphatic carbocycles. The summed E-state index contributed by atoms with van der Waals surface area (Å²) in [4.78, 5) is 4.14. The Labute approximate surface area is 83.1 Å². The van der Waals surface area contributed by atoms with Crippen LogP contribution < -0.4 is 11.1 Å². The summed E-state index contributed by atoms with van der Waals surface area (Å²) in [5, 5.41) is 3.83. The predicted molar refractivity (Wildman–Crippen MR) is 60.1 cm³/mol. The Hall–Kier alpha value is -0.900. The van der Waals surface area contributed by atoms with Gasteiger partial charge in [0.2, 0.25) is 0 Å². The monoisotopic (exact) mass is 197 g/mol. The second-order valence-corrected chi connectivity index (χ2v) is 4.18. The molecule has 0 aromatic carbocycles. The largest absolute Gasteiger partial charge is 0.397 e. The fourth-order valence-corrected chi connectivity index (χ4v) is 1.09. The highest BCUT2D eigenvalue weighted by Crippen LogP contribution is 2.09. The van der Waals surface area contributed by atoms with Crippen molar-refractivity contribution in [2.24, 2.45) is 0 Å². The number of pyridine rings is 1. The molecule has 0 spiro atoms. The van der Waals surface area contributed by atoms with Crippen LogP contribution in [0.3, 0.4) is 0 Å². The Balaban J connectivity index is 2.41. The first kappa shape index (κ1) is 10.2. The van der Waals surface area contributed by atoms with Gasteiger partial charge in [-0.3, -0.25) is 0 Å². The third kappa shape index (κ3) is 3.55. The minimum atomic E-state index is 0.597. The van der Waals surface area contributed by atoms with Crippen LogP contribution in [0, 0.1) is 0 Å². The lowest BCUT2D eigenvalue weighted by molar-refractivity contribution is 0.992. The summed E-state index contributed by atoms with van der Waals surface area (Å²) in [5.74, 6) is 0.884. The highest BCUT2D eigenvalue weighted by atomic mass is 32.2. The van der Waals surface area contributed by atoms with Gasteiger partial charge in [-0.2, -0.15) is 11.8 Å². The summed E-state index contributed by atoms with van der Waals surface area (Å²) in [6.45, 7) is 3.10. The van der Waals surface area contributed by atoms with Crippen LogP contribution in [0.4, 0.5) is 11.5 Å². The Morgan fingerprint density at radius 3 is 2.92 bits per heavy atom. The molecule has 0 saturated carbocycles. The van der Waals surface area contributed by atoms with E-state index in [1.165, 1.54) is 0 Å². The Bertz CT molecular complexity index is 248. The van der Waals surface area contributed by atoms with Crippen LogP contribution in [0.2, 0.25) is 0 Å². The summed E-state index contributed by atoms with van der Waals surface area (Å²) in [7, 11) is 0. The summed E-state index contributed by atoms with van der Waals surface area (Å²) in [6, 6.07) is 3.74. The normalized spacial score (nSPS) is 12.5. The van der Waals surface area contributed by atoms with E-state index >= 15 is 0 Å². The molecule has 4 heteroatoms. The molecular weight excluding hydrogens is 182 g/mol. The van der Waals surface area contributed by atoms with Crippen LogP contribution in [-0.4, -0.2) is 23.0 Å². The van der Waals surface area contributed by atoms with Crippen LogP contribution in [0.15, 0.2) is 18.3 Å². The standard InChI is InChI=1S/C9H15N3S/c1-7(13-2)5-11-9-4-3-8(10)6-12-9/h3-4,6-7H,5,10H2,1-2H3,(H,11,12). The lowest BCUT2D eigenvalue weighted by Crippen LogP contribution is -2.13. The highest BCUT2D eigenvalue weighted by Gasteiger charge is 1.98. The lowest BCUT2D eigenvalue weighted by Gasteiger charge is -2.09. The van der Waals surface area contributed by atoms with Gasteiger partial charge in [0.1, 0.15) is 5.82 Å². The molecule has 1 aromatic heterocycles. The number of aromatic nitrogens is 1. The maximum Gasteiger partial charge on any atom is 0.126 e. The van der Waals surface area contributed by atoms with Gasteiger partial charge in [-0.25, -0.2) is 4.98 Å². The SMILES string of the molecule is CSC(C)CNc1ccc(N)cn1. The van der Waals surface area contributed by atoms with Crippen LogP contribution in [-0.2, 0) is 0 Å². The van der Waals surface area contributed by atoms with E-state index in [4.69, 9.17) is 5.73 Å². The summed E-state index contributed by atoms with van der Waals surface area (Å²) < 4.78 is 0. The van der Waals surface area contributed by atoms with Gasteiger partial charge in [0.15, 0.2) is 0 Å². The minimum Gasteiger partial charge on any atom is -0.397 e. The molecule has 0 aliphatic heterocycles. The molecule has 72 valence electrons. The lowest BCUT2D eigenvalue weighted by atomic mass is 10.4. The number of nitrogens with one attached hydrogen (secondary N) is 1. The van der Waals surface area contributed by atoms with Crippen LogP contribution in [0.1, 0.15) is 6.92 Å². The number of nitrogens with zero attached hydrogens (tertiary/aromatic N) is 1. The average Bonchev–Trinajstić information content (AvgIpc) is 2.16. The zero-order valence-electron chi connectivity index (χ0n) is 7.95. The van der Waals surface area contributed by atoms with Crippen molar-refractivity contribution in [3.63, 3.8) is 0 Å². The Morgan fingerprint density at radius 1 is 1.62 bits per heavy atom. The Morgan fingerprint density at radius 2 is 2.38 bits per heavy atom. The van der Waals surface area contributed by atoms with Gasteiger partial charge in [0.25, 0.3) is 0 Å². The van der Waals surface area contributed by atoms with E-state index in [-0.39, 0.29) is 0 Å². The maximum atomic E-state index is 5.51. The quantitative estimate of drug-likeness (QED) is 0.773. The first-order valence-electron chi connectivity index (χ1n) is 4.20. The molecule has 1 rings (SSSR count). The van der Waals surface area contributed by atoms with Crippen molar-refractivity contribution in [1.82, 2.24) is 4.98 Å². The molecule has 3 nitrogen and oxygen atoms in total. The highest BCUT2D eigenvalue weighted by molar-refractivity contribution is 7.99. The van der Waals surface area contributed by atoms with Crippen molar-refractivity contribution in [1.29, 1.82) is 0 Å². The number of hydrogen-bond acceptors (Lipinski definition) is 4. The molecule has 13 heavy (non-hydrogen) atoms. The number of anilines is 2. The van der Waals surface area contributed by atoms with Crippen molar-refractivity contribution < 1.29 is 0 Å². The number of nitrogens with two attached hydrogens (primary N) is 1. The molecule has 1 heterocycles. The molecule has 0 bridgehead atoms. The van der Waals surface area contributed by atoms with Crippen LogP contribution in [0.5, 0.6) is 0 Å². The second kappa shape index (κ2) is 4.97. The number of hydrogen-bond donors (Lipinski definition) is 2. The van der Waals surface area contributed by atoms with Crippen molar-refractivity contribution >= 4 is 23.3 Å². The molecule has 0 aliphatic rings. The van der Waals surface area contributed by atoms with E-state index in [9.17, 15) is 0 Å². The molecule has 0 fully saturated rings. The first-order valence-corrected chi connectivity index (χ1v) is 5.49. The molecular formula is C9H15N3S. The maximum absolute atomic E-state index is 5.51. The first-order chi connectivity index (χ1) is 6.22. The van der Waals surface area contributed by atoms with E-state index in [1.54, 1.807) is 6.20 Å². The van der Waals surface area contributed by atoms with E-state index in [0.29, 0.717) is 10.9 Å². The number of thioether (sulfide) groups is 1. The fraction of sp³-hybridized carbons (Fsp3) is 0.444. The molecule has 1 unspecified atom stereocenters. The number of nitrogen functional groups attached to an aromatic ring is 1. The summed E-state index contributed by atoms with van der Waals surface area (Å²) in [6.07, 6.45) is 3.76. The zero-order valence-corrected chi connectivity index (χ0v) is 8.77.